The van der Waals surface area contributed by atoms with E-state index in [9.17, 15) is 20.1 Å². The second kappa shape index (κ2) is 7.83. The minimum absolute atomic E-state index is 0.0833. The first-order chi connectivity index (χ1) is 11.3. The van der Waals surface area contributed by atoms with Crippen molar-refractivity contribution in [3.8, 4) is 0 Å². The van der Waals surface area contributed by atoms with Crippen LogP contribution in [0.1, 0.15) is 6.92 Å². The second-order valence-corrected chi connectivity index (χ2v) is 5.89. The summed E-state index contributed by atoms with van der Waals surface area (Å²) >= 11 is 4.23. The molecule has 136 valence electrons. The Kier molecular flexibility index (Phi) is 6.26. The number of allylic oxidation sites excluding steroid dienone is 1. The molecule has 5 N–H and O–H groups in total. The third-order valence-corrected chi connectivity index (χ3v) is 4.46. The first-order valence-electron chi connectivity index (χ1n) is 7.20. The van der Waals surface area contributed by atoms with Crippen molar-refractivity contribution >= 4 is 18.6 Å². The fourth-order valence-corrected chi connectivity index (χ4v) is 2.90. The number of carboxylic acid groups (broad SMARTS) is 1. The Morgan fingerprint density at radius 2 is 2.00 bits per heavy atom. The Morgan fingerprint density at radius 1 is 1.33 bits per heavy atom. The van der Waals surface area contributed by atoms with E-state index in [4.69, 9.17) is 24.4 Å². The zero-order valence-corrected chi connectivity index (χ0v) is 13.6. The van der Waals surface area contributed by atoms with Crippen molar-refractivity contribution in [3.05, 3.63) is 23.5 Å². The van der Waals surface area contributed by atoms with Crippen LogP contribution >= 0.6 is 12.6 Å². The maximum absolute atomic E-state index is 11.1. The Hall–Kier alpha value is -1.14. The van der Waals surface area contributed by atoms with Crippen LogP contribution < -0.4 is 0 Å². The van der Waals surface area contributed by atoms with Gasteiger partial charge in [0.15, 0.2) is 6.29 Å². The molecular weight excluding hydrogens is 344 g/mol. The molecule has 0 saturated carbocycles. The summed E-state index contributed by atoms with van der Waals surface area (Å²) in [6, 6.07) is 0. The molecule has 0 aliphatic carbocycles. The average Bonchev–Trinajstić information content (AvgIpc) is 2.55. The maximum atomic E-state index is 11.1. The first kappa shape index (κ1) is 19.2. The molecule has 0 radical (unpaired) electrons. The van der Waals surface area contributed by atoms with Gasteiger partial charge in [-0.05, 0) is 6.92 Å². The van der Waals surface area contributed by atoms with Crippen LogP contribution in [-0.4, -0.2) is 80.4 Å². The summed E-state index contributed by atoms with van der Waals surface area (Å²) in [6.45, 7) is 1.04. The number of hydrogen-bond donors (Lipinski definition) is 6. The number of ether oxygens (including phenoxy) is 3. The van der Waals surface area contributed by atoms with Crippen LogP contribution in [0.3, 0.4) is 0 Å². The lowest BCUT2D eigenvalue weighted by Gasteiger charge is -2.41. The summed E-state index contributed by atoms with van der Waals surface area (Å²) < 4.78 is 15.9. The zero-order chi connectivity index (χ0) is 18.0. The van der Waals surface area contributed by atoms with Crippen LogP contribution in [0.15, 0.2) is 23.5 Å². The Morgan fingerprint density at radius 3 is 2.54 bits per heavy atom. The van der Waals surface area contributed by atoms with Gasteiger partial charge in [-0.1, -0.05) is 6.08 Å². The van der Waals surface area contributed by atoms with Crippen molar-refractivity contribution in [2.75, 3.05) is 6.61 Å². The molecule has 1 fully saturated rings. The smallest absolute Gasteiger partial charge is 0.336 e. The Labute approximate surface area is 143 Å². The molecule has 1 saturated heterocycles. The highest BCUT2D eigenvalue weighted by atomic mass is 32.1. The Bertz CT molecular complexity index is 532. The molecule has 2 aliphatic rings. The highest BCUT2D eigenvalue weighted by molar-refractivity contribution is 7.81. The van der Waals surface area contributed by atoms with Crippen molar-refractivity contribution < 1.29 is 44.5 Å². The van der Waals surface area contributed by atoms with Crippen molar-refractivity contribution in [1.29, 1.82) is 0 Å². The van der Waals surface area contributed by atoms with E-state index in [1.165, 1.54) is 0 Å². The SMILES string of the molecule is C/C=C1\C(S)C(C(=O)O)=CO[C@H]1O[C@@H]1O[C@H](CO)[C@@H](O)[C@H](O)[C@H]1O. The van der Waals surface area contributed by atoms with Gasteiger partial charge in [0.2, 0.25) is 6.29 Å². The van der Waals surface area contributed by atoms with Gasteiger partial charge in [-0.3, -0.25) is 0 Å². The van der Waals surface area contributed by atoms with Crippen LogP contribution in [0.5, 0.6) is 0 Å². The largest absolute Gasteiger partial charge is 0.478 e. The highest BCUT2D eigenvalue weighted by Crippen LogP contribution is 2.32. The summed E-state index contributed by atoms with van der Waals surface area (Å²) in [5.74, 6) is -1.19. The van der Waals surface area contributed by atoms with E-state index in [-0.39, 0.29) is 5.57 Å². The summed E-state index contributed by atoms with van der Waals surface area (Å²) in [6.07, 6.45) is -5.77. The van der Waals surface area contributed by atoms with Gasteiger partial charge in [0.25, 0.3) is 0 Å². The van der Waals surface area contributed by atoms with Crippen LogP contribution in [-0.2, 0) is 19.0 Å². The number of rotatable bonds is 4. The van der Waals surface area contributed by atoms with E-state index >= 15 is 0 Å². The van der Waals surface area contributed by atoms with Crippen molar-refractivity contribution in [3.63, 3.8) is 0 Å². The van der Waals surface area contributed by atoms with Gasteiger partial charge < -0.3 is 39.7 Å². The predicted molar refractivity (Wildman–Crippen MR) is 82.0 cm³/mol. The standard InChI is InChI=1S/C14H20O9S/c1-2-5-11(24)6(12(19)20)4-21-13(5)23-14-10(18)9(17)8(16)7(3-15)22-14/h2,4,7-11,13-18,24H,3H2,1H3,(H,19,20)/b5-2+/t7-,8-,9+,10-,11?,13+,14+/m1/s1. The van der Waals surface area contributed by atoms with Crippen LogP contribution in [0.4, 0.5) is 0 Å². The van der Waals surface area contributed by atoms with Gasteiger partial charge >= 0.3 is 5.97 Å². The number of thiol groups is 1. The van der Waals surface area contributed by atoms with Crippen LogP contribution in [0.25, 0.3) is 0 Å². The quantitative estimate of drug-likeness (QED) is 0.256. The minimum atomic E-state index is -1.59. The summed E-state index contributed by atoms with van der Waals surface area (Å²) in [7, 11) is 0. The molecule has 0 aromatic carbocycles. The maximum Gasteiger partial charge on any atom is 0.336 e. The van der Waals surface area contributed by atoms with Crippen LogP contribution in [0.2, 0.25) is 0 Å². The molecule has 0 amide bonds. The highest BCUT2D eigenvalue weighted by Gasteiger charge is 2.46. The molecule has 2 aliphatic heterocycles. The van der Waals surface area contributed by atoms with Gasteiger partial charge in [0.05, 0.1) is 23.7 Å². The normalized spacial score (nSPS) is 41.7. The molecular formula is C14H20O9S. The summed E-state index contributed by atoms with van der Waals surface area (Å²) in [4.78, 5) is 11.1. The molecule has 9 nitrogen and oxygen atoms in total. The van der Waals surface area contributed by atoms with Gasteiger partial charge in [0, 0.05) is 5.57 Å². The predicted octanol–water partition coefficient (Wildman–Crippen LogP) is -1.63. The van der Waals surface area contributed by atoms with E-state index in [1.807, 2.05) is 0 Å². The molecule has 1 unspecified atom stereocenters. The second-order valence-electron chi connectivity index (χ2n) is 5.37. The molecule has 0 aromatic rings. The Balaban J connectivity index is 2.16. The fraction of sp³-hybridized carbons (Fsp3) is 0.643. The minimum Gasteiger partial charge on any atom is -0.478 e. The number of aliphatic carboxylic acids is 1. The number of aliphatic hydroxyl groups is 4. The lowest BCUT2D eigenvalue weighted by Crippen LogP contribution is -2.60. The van der Waals surface area contributed by atoms with Crippen molar-refractivity contribution in [1.82, 2.24) is 0 Å². The lowest BCUT2D eigenvalue weighted by atomic mass is 9.99. The third-order valence-electron chi connectivity index (χ3n) is 3.89. The number of carboxylic acids is 1. The summed E-state index contributed by atoms with van der Waals surface area (Å²) in [5.41, 5.74) is 0.287. The van der Waals surface area contributed by atoms with Gasteiger partial charge in [-0.2, -0.15) is 12.6 Å². The molecule has 24 heavy (non-hydrogen) atoms. The summed E-state index contributed by atoms with van der Waals surface area (Å²) in [5, 5.41) is 46.9. The van der Waals surface area contributed by atoms with E-state index in [2.05, 4.69) is 12.6 Å². The molecule has 10 heteroatoms. The molecule has 7 atom stereocenters. The van der Waals surface area contributed by atoms with Crippen molar-refractivity contribution in [2.45, 2.75) is 49.2 Å². The molecule has 0 bridgehead atoms. The monoisotopic (exact) mass is 364 g/mol. The van der Waals surface area contributed by atoms with Crippen LogP contribution in [0, 0.1) is 0 Å². The van der Waals surface area contributed by atoms with Gasteiger partial charge in [-0.15, -0.1) is 0 Å². The molecule has 2 heterocycles. The van der Waals surface area contributed by atoms with Gasteiger partial charge in [0.1, 0.15) is 24.4 Å². The number of aliphatic hydroxyl groups excluding tert-OH is 4. The third kappa shape index (κ3) is 3.59. The van der Waals surface area contributed by atoms with E-state index in [0.717, 1.165) is 6.26 Å². The zero-order valence-electron chi connectivity index (χ0n) is 12.7. The van der Waals surface area contributed by atoms with E-state index in [1.54, 1.807) is 13.0 Å². The molecule has 2 rings (SSSR count). The fourth-order valence-electron chi connectivity index (χ4n) is 2.46. The molecule has 0 aromatic heterocycles. The van der Waals surface area contributed by atoms with E-state index in [0.29, 0.717) is 5.57 Å². The first-order valence-corrected chi connectivity index (χ1v) is 7.72. The topological polar surface area (TPSA) is 146 Å². The molecule has 0 spiro atoms. The van der Waals surface area contributed by atoms with Gasteiger partial charge in [-0.25, -0.2) is 4.79 Å². The average molecular weight is 364 g/mol. The van der Waals surface area contributed by atoms with Crippen molar-refractivity contribution in [2.24, 2.45) is 0 Å². The lowest BCUT2D eigenvalue weighted by molar-refractivity contribution is -0.327. The van der Waals surface area contributed by atoms with E-state index < -0.39 is 54.8 Å². The number of carbonyl (C=O) groups is 1. The number of hydrogen-bond acceptors (Lipinski definition) is 9.